The molecule has 0 aromatic heterocycles. The maximum Gasteiger partial charge on any atom is 0.234 e. The summed E-state index contributed by atoms with van der Waals surface area (Å²) in [7, 11) is 0. The molecule has 4 heteroatoms. The van der Waals surface area contributed by atoms with Gasteiger partial charge in [0.15, 0.2) is 0 Å². The Hall–Kier alpha value is -0.0900. The fourth-order valence-electron chi connectivity index (χ4n) is 0. The van der Waals surface area contributed by atoms with Crippen LogP contribution in [0.4, 0.5) is 0 Å². The summed E-state index contributed by atoms with van der Waals surface area (Å²) in [6.45, 7) is 1.54. The average Bonchev–Trinajstić information content (AvgIpc) is 1.36. The number of amides is 1. The molecule has 0 saturated carbocycles. The standard InChI is InChI=1S/C3H8N2O.BrH/c1-2(4)3(5)6;/h2H,4H2,1H3,(H2,5,6);1H/t2-;/m1./s1. The monoisotopic (exact) mass is 168 g/mol. The van der Waals surface area contributed by atoms with Gasteiger partial charge in [0.1, 0.15) is 0 Å². The first-order valence-corrected chi connectivity index (χ1v) is 1.69. The van der Waals surface area contributed by atoms with Gasteiger partial charge in [0.25, 0.3) is 0 Å². The lowest BCUT2D eigenvalue weighted by molar-refractivity contribution is -0.118. The van der Waals surface area contributed by atoms with E-state index in [-0.39, 0.29) is 17.0 Å². The molecular weight excluding hydrogens is 160 g/mol. The highest BCUT2D eigenvalue weighted by molar-refractivity contribution is 8.93. The molecule has 4 N–H and O–H groups in total. The zero-order chi connectivity index (χ0) is 5.15. The second kappa shape index (κ2) is 4.08. The average molecular weight is 169 g/mol. The molecule has 1 atom stereocenters. The normalized spacial score (nSPS) is 11.7. The van der Waals surface area contributed by atoms with Crippen LogP contribution in [0.25, 0.3) is 0 Å². The Labute approximate surface area is 52.8 Å². The van der Waals surface area contributed by atoms with Crippen molar-refractivity contribution in [3.63, 3.8) is 0 Å². The first kappa shape index (κ1) is 10.0. The van der Waals surface area contributed by atoms with Crippen LogP contribution in [0, 0.1) is 0 Å². The van der Waals surface area contributed by atoms with Gasteiger partial charge < -0.3 is 11.5 Å². The summed E-state index contributed by atoms with van der Waals surface area (Å²) in [6, 6.07) is -0.509. The van der Waals surface area contributed by atoms with Gasteiger partial charge in [-0.2, -0.15) is 0 Å². The van der Waals surface area contributed by atoms with Gasteiger partial charge >= 0.3 is 0 Å². The summed E-state index contributed by atoms with van der Waals surface area (Å²) in [4.78, 5) is 9.80. The SMILES string of the molecule is Br.C[C@@H](N)C(N)=O. The molecule has 0 aromatic carbocycles. The first-order valence-electron chi connectivity index (χ1n) is 1.69. The molecule has 0 aliphatic rings. The van der Waals surface area contributed by atoms with Gasteiger partial charge in [-0.15, -0.1) is 17.0 Å². The molecule has 0 saturated heterocycles. The van der Waals surface area contributed by atoms with Crippen molar-refractivity contribution in [3.8, 4) is 0 Å². The number of rotatable bonds is 1. The number of carbonyl (C=O) groups excluding carboxylic acids is 1. The Morgan fingerprint density at radius 3 is 1.86 bits per heavy atom. The van der Waals surface area contributed by atoms with E-state index in [1.807, 2.05) is 0 Å². The number of primary amides is 1. The van der Waals surface area contributed by atoms with Crippen molar-refractivity contribution in [1.82, 2.24) is 0 Å². The molecule has 0 aliphatic carbocycles. The van der Waals surface area contributed by atoms with Gasteiger partial charge in [0, 0.05) is 0 Å². The van der Waals surface area contributed by atoms with Crippen LogP contribution in [0.3, 0.4) is 0 Å². The molecule has 0 aromatic rings. The molecule has 3 nitrogen and oxygen atoms in total. The van der Waals surface area contributed by atoms with Gasteiger partial charge in [-0.1, -0.05) is 0 Å². The predicted molar refractivity (Wildman–Crippen MR) is 33.2 cm³/mol. The van der Waals surface area contributed by atoms with Crippen LogP contribution in [0.2, 0.25) is 0 Å². The summed E-state index contributed by atoms with van der Waals surface area (Å²) in [6.07, 6.45) is 0. The fourth-order valence-corrected chi connectivity index (χ4v) is 0. The number of carbonyl (C=O) groups is 1. The highest BCUT2D eigenvalue weighted by Crippen LogP contribution is 1.64. The van der Waals surface area contributed by atoms with E-state index in [2.05, 4.69) is 5.73 Å². The molecule has 0 bridgehead atoms. The quantitative estimate of drug-likeness (QED) is 0.550. The van der Waals surface area contributed by atoms with E-state index < -0.39 is 11.9 Å². The number of halogens is 1. The van der Waals surface area contributed by atoms with Gasteiger partial charge in [-0.05, 0) is 6.92 Å². The van der Waals surface area contributed by atoms with E-state index >= 15 is 0 Å². The minimum absolute atomic E-state index is 0. The van der Waals surface area contributed by atoms with Crippen LogP contribution >= 0.6 is 17.0 Å². The lowest BCUT2D eigenvalue weighted by atomic mass is 10.4. The number of nitrogens with two attached hydrogens (primary N) is 2. The Kier molecular flexibility index (Phi) is 5.83. The Balaban J connectivity index is 0. The van der Waals surface area contributed by atoms with Crippen molar-refractivity contribution >= 4 is 22.9 Å². The molecular formula is C3H9BrN2O. The molecule has 44 valence electrons. The Morgan fingerprint density at radius 2 is 1.86 bits per heavy atom. The highest BCUT2D eigenvalue weighted by Gasteiger charge is 1.96. The maximum absolute atomic E-state index is 9.80. The molecule has 1 amide bonds. The largest absolute Gasteiger partial charge is 0.368 e. The summed E-state index contributed by atoms with van der Waals surface area (Å²) < 4.78 is 0. The van der Waals surface area contributed by atoms with Gasteiger partial charge in [0.05, 0.1) is 6.04 Å². The summed E-state index contributed by atoms with van der Waals surface area (Å²) in [5.41, 5.74) is 9.63. The molecule has 0 fully saturated rings. The third-order valence-corrected chi connectivity index (χ3v) is 0.449. The van der Waals surface area contributed by atoms with E-state index in [0.29, 0.717) is 0 Å². The molecule has 0 aliphatic heterocycles. The van der Waals surface area contributed by atoms with Crippen molar-refractivity contribution in [2.75, 3.05) is 0 Å². The fraction of sp³-hybridized carbons (Fsp3) is 0.667. The third-order valence-electron chi connectivity index (χ3n) is 0.449. The van der Waals surface area contributed by atoms with Crippen LogP contribution in [-0.4, -0.2) is 11.9 Å². The van der Waals surface area contributed by atoms with Crippen molar-refractivity contribution in [2.45, 2.75) is 13.0 Å². The molecule has 0 radical (unpaired) electrons. The van der Waals surface area contributed by atoms with Crippen LogP contribution in [0.5, 0.6) is 0 Å². The Morgan fingerprint density at radius 1 is 1.71 bits per heavy atom. The van der Waals surface area contributed by atoms with Crippen LogP contribution < -0.4 is 11.5 Å². The van der Waals surface area contributed by atoms with E-state index in [4.69, 9.17) is 5.73 Å². The molecule has 0 rings (SSSR count). The predicted octanol–water partition coefficient (Wildman–Crippen LogP) is -0.603. The van der Waals surface area contributed by atoms with Gasteiger partial charge in [-0.25, -0.2) is 0 Å². The van der Waals surface area contributed by atoms with Crippen molar-refractivity contribution < 1.29 is 4.79 Å². The van der Waals surface area contributed by atoms with Crippen molar-refractivity contribution in [2.24, 2.45) is 11.5 Å². The van der Waals surface area contributed by atoms with Crippen LogP contribution in [-0.2, 0) is 4.79 Å². The van der Waals surface area contributed by atoms with Gasteiger partial charge in [-0.3, -0.25) is 4.79 Å². The second-order valence-corrected chi connectivity index (χ2v) is 1.19. The minimum atomic E-state index is -0.509. The van der Waals surface area contributed by atoms with Crippen molar-refractivity contribution in [3.05, 3.63) is 0 Å². The number of hydrogen-bond acceptors (Lipinski definition) is 2. The van der Waals surface area contributed by atoms with Crippen LogP contribution in [0.15, 0.2) is 0 Å². The Bertz CT molecular complexity index is 64.0. The highest BCUT2D eigenvalue weighted by atomic mass is 79.9. The smallest absolute Gasteiger partial charge is 0.234 e. The molecule has 0 spiro atoms. The molecule has 0 unspecified atom stereocenters. The van der Waals surface area contributed by atoms with E-state index in [1.54, 1.807) is 6.92 Å². The topological polar surface area (TPSA) is 69.1 Å². The first-order chi connectivity index (χ1) is 2.64. The molecule has 7 heavy (non-hydrogen) atoms. The van der Waals surface area contributed by atoms with E-state index in [0.717, 1.165) is 0 Å². The summed E-state index contributed by atoms with van der Waals surface area (Å²) >= 11 is 0. The zero-order valence-corrected chi connectivity index (χ0v) is 5.76. The van der Waals surface area contributed by atoms with Crippen LogP contribution in [0.1, 0.15) is 6.92 Å². The summed E-state index contributed by atoms with van der Waals surface area (Å²) in [5.74, 6) is -0.463. The lowest BCUT2D eigenvalue weighted by Crippen LogP contribution is -2.32. The van der Waals surface area contributed by atoms with Gasteiger partial charge in [0.2, 0.25) is 5.91 Å². The van der Waals surface area contributed by atoms with E-state index in [9.17, 15) is 4.79 Å². The minimum Gasteiger partial charge on any atom is -0.368 e. The number of hydrogen-bond donors (Lipinski definition) is 2. The third kappa shape index (κ3) is 5.91. The maximum atomic E-state index is 9.80. The van der Waals surface area contributed by atoms with E-state index in [1.165, 1.54) is 0 Å². The second-order valence-electron chi connectivity index (χ2n) is 1.19. The molecule has 0 heterocycles. The zero-order valence-electron chi connectivity index (χ0n) is 4.05. The van der Waals surface area contributed by atoms with Crippen molar-refractivity contribution in [1.29, 1.82) is 0 Å². The lowest BCUT2D eigenvalue weighted by Gasteiger charge is -1.91. The summed E-state index contributed by atoms with van der Waals surface area (Å²) in [5, 5.41) is 0.